The summed E-state index contributed by atoms with van der Waals surface area (Å²) in [7, 11) is 1.93. The Bertz CT molecular complexity index is 585. The van der Waals surface area contributed by atoms with Crippen LogP contribution in [0, 0.1) is 11.8 Å². The van der Waals surface area contributed by atoms with Gasteiger partial charge >= 0.3 is 0 Å². The van der Waals surface area contributed by atoms with E-state index in [4.69, 9.17) is 0 Å². The third-order valence-corrected chi connectivity index (χ3v) is 6.18. The van der Waals surface area contributed by atoms with Crippen molar-refractivity contribution in [2.24, 2.45) is 16.8 Å². The molecule has 3 atom stereocenters. The lowest BCUT2D eigenvalue weighted by atomic mass is 10.1. The SMILES string of the molecule is CN=C(NCC1CC1c1ccccc1)N1CCC(CN2CCCC2)C1.I. The fourth-order valence-electron chi connectivity index (χ4n) is 4.64. The van der Waals surface area contributed by atoms with Gasteiger partial charge in [-0.15, -0.1) is 24.0 Å². The number of likely N-dealkylation sites (tertiary alicyclic amines) is 2. The summed E-state index contributed by atoms with van der Waals surface area (Å²) in [6.45, 7) is 7.29. The van der Waals surface area contributed by atoms with Crippen molar-refractivity contribution < 1.29 is 0 Å². The number of hydrogen-bond acceptors (Lipinski definition) is 2. The number of nitrogens with zero attached hydrogens (tertiary/aromatic N) is 3. The normalized spacial score (nSPS) is 28.9. The Kier molecular flexibility index (Phi) is 7.20. The Labute approximate surface area is 175 Å². The molecule has 0 spiro atoms. The van der Waals surface area contributed by atoms with Gasteiger partial charge in [-0.05, 0) is 62.1 Å². The minimum Gasteiger partial charge on any atom is -0.356 e. The molecule has 4 rings (SSSR count). The molecule has 3 unspecified atom stereocenters. The molecule has 5 heteroatoms. The monoisotopic (exact) mass is 468 g/mol. The van der Waals surface area contributed by atoms with E-state index in [1.807, 2.05) is 7.05 Å². The molecule has 1 N–H and O–H groups in total. The molecule has 144 valence electrons. The van der Waals surface area contributed by atoms with Crippen LogP contribution in [0.25, 0.3) is 0 Å². The van der Waals surface area contributed by atoms with Gasteiger partial charge < -0.3 is 15.1 Å². The van der Waals surface area contributed by atoms with E-state index in [1.54, 1.807) is 0 Å². The van der Waals surface area contributed by atoms with Gasteiger partial charge in [0.25, 0.3) is 0 Å². The van der Waals surface area contributed by atoms with Crippen molar-refractivity contribution in [3.05, 3.63) is 35.9 Å². The second-order valence-electron chi connectivity index (χ2n) is 8.05. The highest BCUT2D eigenvalue weighted by molar-refractivity contribution is 14.0. The van der Waals surface area contributed by atoms with Gasteiger partial charge in [0.2, 0.25) is 0 Å². The number of guanidine groups is 1. The lowest BCUT2D eigenvalue weighted by Gasteiger charge is -2.23. The summed E-state index contributed by atoms with van der Waals surface area (Å²) in [5.41, 5.74) is 1.50. The first-order valence-corrected chi connectivity index (χ1v) is 10.1. The van der Waals surface area contributed by atoms with Crippen LogP contribution in [0.3, 0.4) is 0 Å². The maximum Gasteiger partial charge on any atom is 0.193 e. The van der Waals surface area contributed by atoms with E-state index in [0.717, 1.165) is 36.8 Å². The van der Waals surface area contributed by atoms with E-state index in [9.17, 15) is 0 Å². The average Bonchev–Trinajstić information content (AvgIpc) is 3.01. The van der Waals surface area contributed by atoms with Gasteiger partial charge in [-0.2, -0.15) is 0 Å². The Morgan fingerprint density at radius 2 is 1.92 bits per heavy atom. The minimum absolute atomic E-state index is 0. The summed E-state index contributed by atoms with van der Waals surface area (Å²) in [6, 6.07) is 10.9. The zero-order valence-corrected chi connectivity index (χ0v) is 18.3. The predicted molar refractivity (Wildman–Crippen MR) is 119 cm³/mol. The fraction of sp³-hybridized carbons (Fsp3) is 0.667. The zero-order valence-electron chi connectivity index (χ0n) is 15.9. The summed E-state index contributed by atoms with van der Waals surface area (Å²) < 4.78 is 0. The fourth-order valence-corrected chi connectivity index (χ4v) is 4.64. The van der Waals surface area contributed by atoms with E-state index in [1.165, 1.54) is 57.4 Å². The number of halogens is 1. The highest BCUT2D eigenvalue weighted by Crippen LogP contribution is 2.46. The molecular weight excluding hydrogens is 435 g/mol. The number of nitrogens with one attached hydrogen (secondary N) is 1. The van der Waals surface area contributed by atoms with Crippen LogP contribution in [0.1, 0.15) is 37.2 Å². The Morgan fingerprint density at radius 3 is 2.65 bits per heavy atom. The Balaban J connectivity index is 0.00000196. The summed E-state index contributed by atoms with van der Waals surface area (Å²) >= 11 is 0. The molecule has 2 heterocycles. The number of rotatable bonds is 5. The molecule has 1 aliphatic carbocycles. The minimum atomic E-state index is 0. The van der Waals surface area contributed by atoms with Crippen molar-refractivity contribution >= 4 is 29.9 Å². The Hall–Kier alpha value is -0.820. The molecule has 3 fully saturated rings. The molecule has 0 radical (unpaired) electrons. The average molecular weight is 468 g/mol. The predicted octanol–water partition coefficient (Wildman–Crippen LogP) is 3.40. The summed E-state index contributed by atoms with van der Waals surface area (Å²) in [5.74, 6) is 3.44. The summed E-state index contributed by atoms with van der Waals surface area (Å²) in [6.07, 6.45) is 5.41. The number of benzene rings is 1. The first-order valence-electron chi connectivity index (χ1n) is 10.1. The Morgan fingerprint density at radius 1 is 1.15 bits per heavy atom. The van der Waals surface area contributed by atoms with Crippen LogP contribution >= 0.6 is 24.0 Å². The van der Waals surface area contributed by atoms with Gasteiger partial charge in [-0.1, -0.05) is 30.3 Å². The third kappa shape index (κ3) is 4.91. The van der Waals surface area contributed by atoms with E-state index in [0.29, 0.717) is 0 Å². The lowest BCUT2D eigenvalue weighted by molar-refractivity contribution is 0.281. The van der Waals surface area contributed by atoms with Crippen LogP contribution in [0.5, 0.6) is 0 Å². The molecule has 0 amide bonds. The van der Waals surface area contributed by atoms with E-state index < -0.39 is 0 Å². The third-order valence-electron chi connectivity index (χ3n) is 6.18. The summed E-state index contributed by atoms with van der Waals surface area (Å²) in [4.78, 5) is 9.68. The molecule has 1 aromatic rings. The molecule has 26 heavy (non-hydrogen) atoms. The first-order chi connectivity index (χ1) is 12.3. The van der Waals surface area contributed by atoms with Gasteiger partial charge in [-0.25, -0.2) is 0 Å². The summed E-state index contributed by atoms with van der Waals surface area (Å²) in [5, 5.41) is 3.65. The molecule has 3 aliphatic rings. The first kappa shape index (κ1) is 19.9. The van der Waals surface area contributed by atoms with Crippen molar-refractivity contribution in [1.29, 1.82) is 0 Å². The molecule has 1 aromatic carbocycles. The van der Waals surface area contributed by atoms with Crippen LogP contribution in [0.15, 0.2) is 35.3 Å². The van der Waals surface area contributed by atoms with Crippen LogP contribution in [0.4, 0.5) is 0 Å². The number of hydrogen-bond donors (Lipinski definition) is 1. The highest BCUT2D eigenvalue weighted by Gasteiger charge is 2.38. The molecule has 2 saturated heterocycles. The highest BCUT2D eigenvalue weighted by atomic mass is 127. The van der Waals surface area contributed by atoms with E-state index in [2.05, 4.69) is 50.4 Å². The topological polar surface area (TPSA) is 30.9 Å². The standard InChI is InChI=1S/C21H32N4.HI/c1-22-21(23-14-19-13-20(19)18-7-3-2-4-8-18)25-12-9-17(16-25)15-24-10-5-6-11-24;/h2-4,7-8,17,19-20H,5-6,9-16H2,1H3,(H,22,23);1H. The second-order valence-corrected chi connectivity index (χ2v) is 8.05. The van der Waals surface area contributed by atoms with Crippen LogP contribution in [-0.2, 0) is 0 Å². The van der Waals surface area contributed by atoms with E-state index >= 15 is 0 Å². The van der Waals surface area contributed by atoms with Crippen LogP contribution in [-0.4, -0.2) is 62.1 Å². The van der Waals surface area contributed by atoms with Crippen LogP contribution < -0.4 is 5.32 Å². The van der Waals surface area contributed by atoms with E-state index in [-0.39, 0.29) is 24.0 Å². The zero-order chi connectivity index (χ0) is 17.1. The molecule has 0 bridgehead atoms. The van der Waals surface area contributed by atoms with Crippen molar-refractivity contribution in [3.8, 4) is 0 Å². The number of aliphatic imine (C=N–C) groups is 1. The molecule has 0 aromatic heterocycles. The largest absolute Gasteiger partial charge is 0.356 e. The van der Waals surface area contributed by atoms with Gasteiger partial charge in [0.15, 0.2) is 5.96 Å². The van der Waals surface area contributed by atoms with Gasteiger partial charge in [0, 0.05) is 33.2 Å². The van der Waals surface area contributed by atoms with Crippen molar-refractivity contribution in [3.63, 3.8) is 0 Å². The molecule has 1 saturated carbocycles. The molecular formula is C21H33IN4. The lowest BCUT2D eigenvalue weighted by Crippen LogP contribution is -2.41. The van der Waals surface area contributed by atoms with Gasteiger partial charge in [0.05, 0.1) is 0 Å². The van der Waals surface area contributed by atoms with Gasteiger partial charge in [-0.3, -0.25) is 4.99 Å². The maximum atomic E-state index is 4.55. The smallest absolute Gasteiger partial charge is 0.193 e. The van der Waals surface area contributed by atoms with Crippen molar-refractivity contribution in [2.45, 2.75) is 31.6 Å². The molecule has 4 nitrogen and oxygen atoms in total. The molecule has 2 aliphatic heterocycles. The van der Waals surface area contributed by atoms with Crippen LogP contribution in [0.2, 0.25) is 0 Å². The quantitative estimate of drug-likeness (QED) is 0.409. The van der Waals surface area contributed by atoms with Crippen molar-refractivity contribution in [2.75, 3.05) is 46.3 Å². The van der Waals surface area contributed by atoms with Crippen molar-refractivity contribution in [1.82, 2.24) is 15.1 Å². The maximum absolute atomic E-state index is 4.55. The second kappa shape index (κ2) is 9.40. The van der Waals surface area contributed by atoms with Gasteiger partial charge in [0.1, 0.15) is 0 Å².